The van der Waals surface area contributed by atoms with Gasteiger partial charge in [0.05, 0.1) is 32.4 Å². The van der Waals surface area contributed by atoms with Gasteiger partial charge < -0.3 is 25.3 Å². The van der Waals surface area contributed by atoms with Crippen molar-refractivity contribution < 1.29 is 14.2 Å². The number of methoxy groups -OCH3 is 1. The molecule has 0 aliphatic carbocycles. The number of nitrogens with zero attached hydrogens (tertiary/aromatic N) is 1. The van der Waals surface area contributed by atoms with Crippen LogP contribution in [-0.4, -0.2) is 38.4 Å². The number of nitrogens with two attached hydrogens (primary N) is 1. The van der Waals surface area contributed by atoms with Crippen LogP contribution >= 0.6 is 0 Å². The summed E-state index contributed by atoms with van der Waals surface area (Å²) >= 11 is 0. The van der Waals surface area contributed by atoms with Gasteiger partial charge in [-0.15, -0.1) is 0 Å². The Morgan fingerprint density at radius 1 is 1.00 bits per heavy atom. The maximum absolute atomic E-state index is 6.87. The largest absolute Gasteiger partial charge is 0.496 e. The third-order valence-electron chi connectivity index (χ3n) is 7.47. The molecule has 0 radical (unpaired) electrons. The zero-order chi connectivity index (χ0) is 26.2. The molecule has 3 aromatic carbocycles. The molecule has 2 heterocycles. The van der Waals surface area contributed by atoms with Gasteiger partial charge in [0.15, 0.2) is 0 Å². The molecule has 1 fully saturated rings. The highest BCUT2D eigenvalue weighted by Crippen LogP contribution is 2.38. The molecule has 0 spiro atoms. The molecule has 198 valence electrons. The molecular formula is C32H37N3O3. The molecule has 3 unspecified atom stereocenters. The van der Waals surface area contributed by atoms with Crippen LogP contribution < -0.4 is 20.5 Å². The molecule has 1 aromatic heterocycles. The number of aromatic nitrogens is 1. The highest BCUT2D eigenvalue weighted by atomic mass is 16.5. The summed E-state index contributed by atoms with van der Waals surface area (Å²) < 4.78 is 17.2. The zero-order valence-corrected chi connectivity index (χ0v) is 22.0. The monoisotopic (exact) mass is 511 g/mol. The maximum Gasteiger partial charge on any atom is 0.124 e. The number of fused-ring (bicyclic) bond motifs is 1. The second-order valence-corrected chi connectivity index (χ2v) is 9.88. The van der Waals surface area contributed by atoms with E-state index in [1.54, 1.807) is 7.11 Å². The molecule has 0 amide bonds. The van der Waals surface area contributed by atoms with E-state index in [2.05, 4.69) is 58.8 Å². The van der Waals surface area contributed by atoms with Crippen LogP contribution in [0.3, 0.4) is 0 Å². The summed E-state index contributed by atoms with van der Waals surface area (Å²) in [5.41, 5.74) is 11.4. The van der Waals surface area contributed by atoms with Gasteiger partial charge in [0.25, 0.3) is 0 Å². The first-order valence-electron chi connectivity index (χ1n) is 13.5. The van der Waals surface area contributed by atoms with Gasteiger partial charge in [-0.3, -0.25) is 4.98 Å². The predicted octanol–water partition coefficient (Wildman–Crippen LogP) is 5.62. The Bertz CT molecular complexity index is 1310. The smallest absolute Gasteiger partial charge is 0.124 e. The van der Waals surface area contributed by atoms with Crippen LogP contribution in [0.2, 0.25) is 0 Å². The summed E-state index contributed by atoms with van der Waals surface area (Å²) in [6.07, 6.45) is 3.72. The fourth-order valence-electron chi connectivity index (χ4n) is 5.38. The van der Waals surface area contributed by atoms with Gasteiger partial charge in [0.1, 0.15) is 11.5 Å². The van der Waals surface area contributed by atoms with Crippen molar-refractivity contribution in [2.45, 2.75) is 31.4 Å². The van der Waals surface area contributed by atoms with Gasteiger partial charge in [0, 0.05) is 36.2 Å². The fourth-order valence-corrected chi connectivity index (χ4v) is 5.38. The lowest BCUT2D eigenvalue weighted by Crippen LogP contribution is -2.41. The molecule has 3 atom stereocenters. The van der Waals surface area contributed by atoms with Gasteiger partial charge >= 0.3 is 0 Å². The number of piperidine rings is 1. The summed E-state index contributed by atoms with van der Waals surface area (Å²) in [7, 11) is 1.68. The van der Waals surface area contributed by atoms with Crippen LogP contribution in [0.1, 0.15) is 41.5 Å². The molecule has 38 heavy (non-hydrogen) atoms. The molecule has 6 nitrogen and oxygen atoms in total. The SMILES string of the molecule is COc1ccccc1COCCCOc1ccc(C2CCNCC2C(N)c2ccc3cccnc3c2)cc1. The average Bonchev–Trinajstić information content (AvgIpc) is 2.99. The second kappa shape index (κ2) is 12.9. The Balaban J connectivity index is 1.13. The number of ether oxygens (including phenoxy) is 3. The van der Waals surface area contributed by atoms with Crippen molar-refractivity contribution in [1.29, 1.82) is 0 Å². The zero-order valence-electron chi connectivity index (χ0n) is 22.0. The van der Waals surface area contributed by atoms with Crippen LogP contribution in [-0.2, 0) is 11.3 Å². The van der Waals surface area contributed by atoms with E-state index in [0.717, 1.165) is 59.5 Å². The lowest BCUT2D eigenvalue weighted by atomic mass is 9.75. The standard InChI is InChI=1S/C32H37N3O3/c1-36-31-8-3-2-6-26(31)22-37-18-5-19-38-27-13-11-23(12-14-27)28-15-17-34-21-29(28)32(33)25-10-9-24-7-4-16-35-30(24)20-25/h2-4,6-14,16,20,28-29,32,34H,5,15,17-19,21-22,33H2,1H3. The van der Waals surface area contributed by atoms with Gasteiger partial charge in [0.2, 0.25) is 0 Å². The average molecular weight is 512 g/mol. The quantitative estimate of drug-likeness (QED) is 0.255. The normalized spacial score (nSPS) is 18.3. The first-order chi connectivity index (χ1) is 18.7. The number of benzene rings is 3. The second-order valence-electron chi connectivity index (χ2n) is 9.88. The molecule has 4 aromatic rings. The van der Waals surface area contributed by atoms with E-state index in [4.69, 9.17) is 19.9 Å². The summed E-state index contributed by atoms with van der Waals surface area (Å²) in [5.74, 6) is 2.43. The van der Waals surface area contributed by atoms with E-state index in [1.807, 2.05) is 36.5 Å². The minimum Gasteiger partial charge on any atom is -0.496 e. The molecule has 0 bridgehead atoms. The van der Waals surface area contributed by atoms with E-state index in [-0.39, 0.29) is 6.04 Å². The first-order valence-corrected chi connectivity index (χ1v) is 13.5. The fraction of sp³-hybridized carbons (Fsp3) is 0.344. The number of hydrogen-bond acceptors (Lipinski definition) is 6. The molecule has 1 saturated heterocycles. The summed E-state index contributed by atoms with van der Waals surface area (Å²) in [4.78, 5) is 4.52. The van der Waals surface area contributed by atoms with Crippen LogP contribution in [0.25, 0.3) is 10.9 Å². The van der Waals surface area contributed by atoms with Crippen LogP contribution in [0.4, 0.5) is 0 Å². The summed E-state index contributed by atoms with van der Waals surface area (Å²) in [5, 5.41) is 4.70. The first kappa shape index (κ1) is 26.2. The van der Waals surface area contributed by atoms with Crippen LogP contribution in [0.5, 0.6) is 11.5 Å². The third kappa shape index (κ3) is 6.33. The van der Waals surface area contributed by atoms with Crippen molar-refractivity contribution >= 4 is 10.9 Å². The van der Waals surface area contributed by atoms with E-state index >= 15 is 0 Å². The Morgan fingerprint density at radius 2 is 1.87 bits per heavy atom. The van der Waals surface area contributed by atoms with E-state index in [1.165, 1.54) is 5.56 Å². The number of hydrogen-bond donors (Lipinski definition) is 2. The summed E-state index contributed by atoms with van der Waals surface area (Å²) in [6, 6.07) is 26.9. The lowest BCUT2D eigenvalue weighted by Gasteiger charge is -2.36. The molecular weight excluding hydrogens is 474 g/mol. The minimum absolute atomic E-state index is 0.0639. The van der Waals surface area contributed by atoms with E-state index < -0.39 is 0 Å². The van der Waals surface area contributed by atoms with Gasteiger partial charge in [-0.25, -0.2) is 0 Å². The van der Waals surface area contributed by atoms with Crippen molar-refractivity contribution in [3.05, 3.63) is 102 Å². The predicted molar refractivity (Wildman–Crippen MR) is 152 cm³/mol. The van der Waals surface area contributed by atoms with Crippen molar-refractivity contribution in [2.24, 2.45) is 11.7 Å². The van der Waals surface area contributed by atoms with Crippen molar-refractivity contribution in [3.63, 3.8) is 0 Å². The number of para-hydroxylation sites is 1. The Kier molecular flexibility index (Phi) is 8.86. The van der Waals surface area contributed by atoms with Crippen LogP contribution in [0.15, 0.2) is 85.1 Å². The van der Waals surface area contributed by atoms with E-state index in [9.17, 15) is 0 Å². The Labute approximate surface area is 225 Å². The molecule has 0 saturated carbocycles. The van der Waals surface area contributed by atoms with Crippen molar-refractivity contribution in [1.82, 2.24) is 10.3 Å². The minimum atomic E-state index is -0.0639. The van der Waals surface area contributed by atoms with Crippen molar-refractivity contribution in [3.8, 4) is 11.5 Å². The van der Waals surface area contributed by atoms with Crippen molar-refractivity contribution in [2.75, 3.05) is 33.4 Å². The molecule has 1 aliphatic rings. The molecule has 5 rings (SSSR count). The molecule has 3 N–H and O–H groups in total. The maximum atomic E-state index is 6.87. The van der Waals surface area contributed by atoms with Gasteiger partial charge in [-0.05, 0) is 66.3 Å². The highest BCUT2D eigenvalue weighted by molar-refractivity contribution is 5.79. The highest BCUT2D eigenvalue weighted by Gasteiger charge is 2.32. The van der Waals surface area contributed by atoms with E-state index in [0.29, 0.717) is 31.7 Å². The third-order valence-corrected chi connectivity index (χ3v) is 7.47. The number of pyridine rings is 1. The lowest BCUT2D eigenvalue weighted by molar-refractivity contribution is 0.105. The summed E-state index contributed by atoms with van der Waals surface area (Å²) in [6.45, 7) is 3.69. The topological polar surface area (TPSA) is 78.6 Å². The number of nitrogens with one attached hydrogen (secondary N) is 1. The Hall–Kier alpha value is -3.45. The van der Waals surface area contributed by atoms with Gasteiger partial charge in [-0.1, -0.05) is 48.5 Å². The van der Waals surface area contributed by atoms with Gasteiger partial charge in [-0.2, -0.15) is 0 Å². The van der Waals surface area contributed by atoms with Crippen LogP contribution in [0, 0.1) is 5.92 Å². The molecule has 1 aliphatic heterocycles. The Morgan fingerprint density at radius 3 is 2.74 bits per heavy atom. The number of rotatable bonds is 11. The molecule has 6 heteroatoms.